The molecule has 7 heterocycles. The molecule has 0 spiro atoms. The first-order valence-electron chi connectivity index (χ1n) is 22.4. The van der Waals surface area contributed by atoms with E-state index in [-0.39, 0.29) is 11.2 Å². The summed E-state index contributed by atoms with van der Waals surface area (Å²) in [4.78, 5) is 33.8. The molecule has 3 N–H and O–H groups in total. The quantitative estimate of drug-likeness (QED) is 0.0928. The van der Waals surface area contributed by atoms with Crippen LogP contribution in [0.4, 0.5) is 87.8 Å². The molecule has 7 nitrogen and oxygen atoms in total. The highest BCUT2D eigenvalue weighted by Crippen LogP contribution is 2.43. The van der Waals surface area contributed by atoms with Crippen LogP contribution in [0.5, 0.6) is 0 Å². The lowest BCUT2D eigenvalue weighted by Crippen LogP contribution is -2.06. The molecule has 0 amide bonds. The molecule has 81 heavy (non-hydrogen) atoms. The van der Waals surface area contributed by atoms with Gasteiger partial charge in [0.2, 0.25) is 28.7 Å². The van der Waals surface area contributed by atoms with E-state index in [4.69, 9.17) is 0 Å². The summed E-state index contributed by atoms with van der Waals surface area (Å²) in [7, 11) is 0. The number of nitrogens with one attached hydrogen (secondary N) is 3. The SMILES string of the molecule is O=c1c2ccc([nH]2)c(-c2c(F)c(F)c(F)c(F)c2F)c2nc(c(-c3c(F)c(F)c(F)c(F)c3F)c3nc(cc4ccc([nH]4)c(-c4c(F)c(F)c(F)c(F)c4F)c4nc(c(-c5c(F)c(F)c(F)c(F)c5F)c5ccc1[nH]5)C=C4)C=C3)C=C2. The fourth-order valence-electron chi connectivity index (χ4n) is 9.06. The van der Waals surface area contributed by atoms with Crippen LogP contribution in [0.25, 0.3) is 114 Å². The van der Waals surface area contributed by atoms with Gasteiger partial charge >= 0.3 is 0 Å². The number of hydrogen-bond acceptors (Lipinski definition) is 4. The minimum atomic E-state index is -2.66. The molecule has 0 unspecified atom stereocenters. The zero-order valence-corrected chi connectivity index (χ0v) is 38.8. The van der Waals surface area contributed by atoms with Crippen molar-refractivity contribution < 1.29 is 87.8 Å². The summed E-state index contributed by atoms with van der Waals surface area (Å²) in [5.74, 6) is -51.0. The van der Waals surface area contributed by atoms with Crippen molar-refractivity contribution in [3.63, 3.8) is 0 Å². The van der Waals surface area contributed by atoms with Gasteiger partial charge in [-0.1, -0.05) is 0 Å². The maximum atomic E-state index is 15.9. The first-order valence-corrected chi connectivity index (χ1v) is 22.4. The van der Waals surface area contributed by atoms with E-state index in [1.54, 1.807) is 0 Å². The third-order valence-corrected chi connectivity index (χ3v) is 12.7. The molecule has 0 fully saturated rings. The summed E-state index contributed by atoms with van der Waals surface area (Å²) >= 11 is 0. The number of halogens is 20. The van der Waals surface area contributed by atoms with Gasteiger partial charge in [-0.05, 0) is 78.9 Å². The molecule has 3 aliphatic heterocycles. The smallest absolute Gasteiger partial charge is 0.225 e. The Hall–Kier alpha value is -9.82. The third kappa shape index (κ3) is 8.14. The number of fused-ring (bicyclic) bond motifs is 12. The van der Waals surface area contributed by atoms with Crippen molar-refractivity contribution in [1.29, 1.82) is 0 Å². The average molecular weight is 1140 g/mol. The second-order valence-electron chi connectivity index (χ2n) is 17.3. The molecule has 0 aliphatic carbocycles. The zero-order chi connectivity index (χ0) is 58.1. The molecule has 8 aromatic rings. The summed E-state index contributed by atoms with van der Waals surface area (Å²) in [6.45, 7) is 0. The van der Waals surface area contributed by atoms with Gasteiger partial charge < -0.3 is 15.0 Å². The van der Waals surface area contributed by atoms with Crippen LogP contribution in [0, 0.1) is 116 Å². The number of rotatable bonds is 4. The summed E-state index contributed by atoms with van der Waals surface area (Å²) in [5, 5.41) is 0. The highest BCUT2D eigenvalue weighted by Gasteiger charge is 2.35. The fourth-order valence-corrected chi connectivity index (χ4v) is 9.06. The molecule has 4 aromatic heterocycles. The maximum Gasteiger partial charge on any atom is 0.225 e. The summed E-state index contributed by atoms with van der Waals surface area (Å²) in [6, 6.07) is 6.11. The van der Waals surface area contributed by atoms with Crippen molar-refractivity contribution in [2.45, 2.75) is 0 Å². The molecule has 12 bridgehead atoms. The van der Waals surface area contributed by atoms with E-state index in [2.05, 4.69) is 29.9 Å². The van der Waals surface area contributed by atoms with E-state index in [1.807, 2.05) is 0 Å². The lowest BCUT2D eigenvalue weighted by molar-refractivity contribution is 0.381. The Morgan fingerprint density at radius 1 is 0.247 bits per heavy atom. The van der Waals surface area contributed by atoms with Crippen molar-refractivity contribution in [3.05, 3.63) is 203 Å². The lowest BCUT2D eigenvalue weighted by atomic mass is 10.00. The molecule has 0 saturated heterocycles. The standard InChI is InChI=1S/C54H16F20N6O/c55-34-30(35(56)43(64)50(71)42(34)63)26-16-3-1-14(75-16)13-15-2-4-17(76-15)27(31-36(57)44(65)51(72)45(66)37(31)58)19-6-8-21(78-19)29(33-40(61)48(69)53(74)49(70)41(33)62)23-10-12-25(80-23)54(81)24-11-9-22(79-24)28(20-7-5-18(26)77-20)32-38(59)46(67)52(73)47(68)39(32)60/h1-13,75,79-80H. The molecule has 408 valence electrons. The number of nitrogens with zero attached hydrogens (tertiary/aromatic N) is 3. The molecule has 0 saturated carbocycles. The molecule has 11 rings (SSSR count). The molecule has 3 aliphatic rings. The van der Waals surface area contributed by atoms with Crippen molar-refractivity contribution >= 4 is 69.6 Å². The van der Waals surface area contributed by atoms with Gasteiger partial charge in [0.05, 0.1) is 67.5 Å². The maximum absolute atomic E-state index is 15.9. The number of H-pyrrole nitrogens is 3. The first-order chi connectivity index (χ1) is 38.4. The second-order valence-corrected chi connectivity index (χ2v) is 17.3. The molecule has 0 atom stereocenters. The molecule has 4 aromatic carbocycles. The Morgan fingerprint density at radius 3 is 0.840 bits per heavy atom. The van der Waals surface area contributed by atoms with E-state index < -0.39 is 222 Å². The first kappa shape index (κ1) is 53.2. The second kappa shape index (κ2) is 19.2. The number of hydrogen-bond donors (Lipinski definition) is 3. The summed E-state index contributed by atoms with van der Waals surface area (Å²) < 4.78 is 305. The van der Waals surface area contributed by atoms with Crippen LogP contribution in [-0.2, 0) is 0 Å². The topological polar surface area (TPSA) is 103 Å². The van der Waals surface area contributed by atoms with E-state index in [0.29, 0.717) is 6.08 Å². The van der Waals surface area contributed by atoms with Gasteiger partial charge in [0.1, 0.15) is 0 Å². The van der Waals surface area contributed by atoms with Crippen molar-refractivity contribution in [2.75, 3.05) is 0 Å². The summed E-state index contributed by atoms with van der Waals surface area (Å²) in [6.07, 6.45) is 4.77. The van der Waals surface area contributed by atoms with E-state index in [0.717, 1.165) is 72.8 Å². The van der Waals surface area contributed by atoms with Gasteiger partial charge in [0.15, 0.2) is 93.1 Å². The number of aromatic amines is 3. The molecule has 27 heteroatoms. The largest absolute Gasteiger partial charge is 0.355 e. The minimum absolute atomic E-state index is 0.270. The lowest BCUT2D eigenvalue weighted by Gasteiger charge is -2.11. The Kier molecular flexibility index (Phi) is 12.6. The van der Waals surface area contributed by atoms with Gasteiger partial charge in [0, 0.05) is 44.3 Å². The van der Waals surface area contributed by atoms with Gasteiger partial charge in [-0.2, -0.15) is 0 Å². The monoisotopic (exact) mass is 1140 g/mol. The Balaban J connectivity index is 1.35. The van der Waals surface area contributed by atoms with E-state index >= 15 is 70.2 Å². The Bertz CT molecular complexity index is 4580. The van der Waals surface area contributed by atoms with Gasteiger partial charge in [-0.3, -0.25) is 4.79 Å². The van der Waals surface area contributed by atoms with E-state index in [9.17, 15) is 22.4 Å². The third-order valence-electron chi connectivity index (χ3n) is 12.7. The minimum Gasteiger partial charge on any atom is -0.355 e. The van der Waals surface area contributed by atoms with Gasteiger partial charge in [-0.15, -0.1) is 0 Å². The van der Waals surface area contributed by atoms with Crippen molar-refractivity contribution in [3.8, 4) is 44.5 Å². The van der Waals surface area contributed by atoms with Crippen LogP contribution in [0.1, 0.15) is 34.2 Å². The van der Waals surface area contributed by atoms with Crippen LogP contribution < -0.4 is 5.43 Å². The van der Waals surface area contributed by atoms with Crippen molar-refractivity contribution in [1.82, 2.24) is 29.9 Å². The molecular weight excluding hydrogens is 1130 g/mol. The highest BCUT2D eigenvalue weighted by molar-refractivity contribution is 5.98. The predicted octanol–water partition coefficient (Wildman–Crippen LogP) is 15.5. The normalized spacial score (nSPS) is 12.3. The predicted molar refractivity (Wildman–Crippen MR) is 251 cm³/mol. The van der Waals surface area contributed by atoms with Crippen LogP contribution in [0.15, 0.2) is 47.3 Å². The fraction of sp³-hybridized carbons (Fsp3) is 0. The zero-order valence-electron chi connectivity index (χ0n) is 38.8. The van der Waals surface area contributed by atoms with Gasteiger partial charge in [-0.25, -0.2) is 103 Å². The highest BCUT2D eigenvalue weighted by atomic mass is 19.2. The molecular formula is C54H16F20N6O. The summed E-state index contributed by atoms with van der Waals surface area (Å²) in [5.41, 5.74) is -21.3. The van der Waals surface area contributed by atoms with E-state index in [1.165, 1.54) is 0 Å². The number of benzene rings is 4. The van der Waals surface area contributed by atoms with Crippen LogP contribution >= 0.6 is 0 Å². The average Bonchev–Trinajstić information content (AvgIpc) is 4.56. The number of aromatic nitrogens is 6. The van der Waals surface area contributed by atoms with Gasteiger partial charge in [0.25, 0.3) is 0 Å². The van der Waals surface area contributed by atoms with Crippen LogP contribution in [0.2, 0.25) is 0 Å². The molecule has 0 radical (unpaired) electrons. The Labute approximate surface area is 434 Å². The Morgan fingerprint density at radius 2 is 0.494 bits per heavy atom. The van der Waals surface area contributed by atoms with Crippen molar-refractivity contribution in [2.24, 2.45) is 0 Å². The van der Waals surface area contributed by atoms with Crippen LogP contribution in [0.3, 0.4) is 0 Å². The van der Waals surface area contributed by atoms with Crippen LogP contribution in [-0.4, -0.2) is 29.9 Å².